The molecule has 23 heavy (non-hydrogen) atoms. The fraction of sp³-hybridized carbons (Fsp3) is 0.500. The Balaban J connectivity index is 1.93. The first-order valence-electron chi connectivity index (χ1n) is 7.53. The summed E-state index contributed by atoms with van der Waals surface area (Å²) in [6, 6.07) is 6.16. The van der Waals surface area contributed by atoms with Crippen molar-refractivity contribution in [3.63, 3.8) is 0 Å². The molecule has 6 nitrogen and oxygen atoms in total. The number of carbonyl (C=O) groups excluding carboxylic acids is 2. The number of nitrogens with zero attached hydrogens (tertiary/aromatic N) is 1. The lowest BCUT2D eigenvalue weighted by molar-refractivity contribution is -0.147. The smallest absolute Gasteiger partial charge is 0.309 e. The van der Waals surface area contributed by atoms with E-state index in [-0.39, 0.29) is 24.3 Å². The van der Waals surface area contributed by atoms with E-state index in [9.17, 15) is 18.0 Å². The van der Waals surface area contributed by atoms with E-state index in [0.717, 1.165) is 36.2 Å². The molecule has 0 amide bonds. The number of benzene rings is 1. The summed E-state index contributed by atoms with van der Waals surface area (Å²) in [5.74, 6) is -0.678. The highest BCUT2D eigenvalue weighted by molar-refractivity contribution is 7.92. The number of ether oxygens (including phenoxy) is 1. The third-order valence-corrected chi connectivity index (χ3v) is 5.29. The Morgan fingerprint density at radius 3 is 2.26 bits per heavy atom. The monoisotopic (exact) mass is 339 g/mol. The van der Waals surface area contributed by atoms with Crippen molar-refractivity contribution < 1.29 is 22.7 Å². The van der Waals surface area contributed by atoms with Crippen LogP contribution in [0.15, 0.2) is 24.3 Å². The van der Waals surface area contributed by atoms with Gasteiger partial charge in [0.25, 0.3) is 0 Å². The summed E-state index contributed by atoms with van der Waals surface area (Å²) in [6.45, 7) is -0.281. The quantitative estimate of drug-likeness (QED) is 0.585. The zero-order valence-corrected chi connectivity index (χ0v) is 14.1. The summed E-state index contributed by atoms with van der Waals surface area (Å²) >= 11 is 0. The lowest BCUT2D eigenvalue weighted by Gasteiger charge is -2.16. The maximum absolute atomic E-state index is 12.0. The van der Waals surface area contributed by atoms with Crippen molar-refractivity contribution >= 4 is 27.5 Å². The van der Waals surface area contributed by atoms with Crippen LogP contribution in [-0.4, -0.2) is 40.1 Å². The van der Waals surface area contributed by atoms with E-state index in [1.54, 1.807) is 12.1 Å². The standard InChI is InChI=1S/C16H21NO5S/c1-17(23(2,20)21)14-9-7-12(8-10-14)15(18)11-22-16(19)13-5-3-4-6-13/h7-10,13H,3-6,11H2,1-2H3. The van der Waals surface area contributed by atoms with Crippen LogP contribution in [0.3, 0.4) is 0 Å². The first kappa shape index (κ1) is 17.5. The van der Waals surface area contributed by atoms with Crippen LogP contribution in [0.5, 0.6) is 0 Å². The average Bonchev–Trinajstić information content (AvgIpc) is 3.05. The molecule has 1 fully saturated rings. The summed E-state index contributed by atoms with van der Waals surface area (Å²) in [5, 5.41) is 0. The van der Waals surface area contributed by atoms with Gasteiger partial charge in [0.15, 0.2) is 12.4 Å². The van der Waals surface area contributed by atoms with Crippen LogP contribution in [0.4, 0.5) is 5.69 Å². The van der Waals surface area contributed by atoms with Crippen LogP contribution in [0, 0.1) is 5.92 Å². The fourth-order valence-electron chi connectivity index (χ4n) is 2.55. The minimum atomic E-state index is -3.34. The van der Waals surface area contributed by atoms with Gasteiger partial charge in [0.1, 0.15) is 0 Å². The zero-order valence-electron chi connectivity index (χ0n) is 13.3. The molecule has 0 saturated heterocycles. The molecule has 0 radical (unpaired) electrons. The van der Waals surface area contributed by atoms with E-state index in [0.29, 0.717) is 11.3 Å². The Morgan fingerprint density at radius 2 is 1.74 bits per heavy atom. The van der Waals surface area contributed by atoms with Crippen LogP contribution in [-0.2, 0) is 19.6 Å². The molecule has 1 aliphatic carbocycles. The largest absolute Gasteiger partial charge is 0.457 e. The number of ketones is 1. The highest BCUT2D eigenvalue weighted by Gasteiger charge is 2.24. The first-order valence-corrected chi connectivity index (χ1v) is 9.37. The summed E-state index contributed by atoms with van der Waals surface area (Å²) in [5.41, 5.74) is 0.849. The highest BCUT2D eigenvalue weighted by Crippen LogP contribution is 2.25. The molecule has 1 aromatic carbocycles. The van der Waals surface area contributed by atoms with Gasteiger partial charge in [-0.15, -0.1) is 0 Å². The molecule has 1 aliphatic rings. The van der Waals surface area contributed by atoms with Crippen LogP contribution < -0.4 is 4.31 Å². The van der Waals surface area contributed by atoms with Crippen molar-refractivity contribution in [2.45, 2.75) is 25.7 Å². The van der Waals surface area contributed by atoms with Gasteiger partial charge in [-0.05, 0) is 37.1 Å². The van der Waals surface area contributed by atoms with Gasteiger partial charge in [-0.25, -0.2) is 8.42 Å². The SMILES string of the molecule is CN(c1ccc(C(=O)COC(=O)C2CCCC2)cc1)S(C)(=O)=O. The van der Waals surface area contributed by atoms with Gasteiger partial charge in [0.05, 0.1) is 17.9 Å². The Kier molecular flexibility index (Phi) is 5.41. The molecule has 2 rings (SSSR count). The second-order valence-electron chi connectivity index (χ2n) is 5.79. The molecule has 0 aliphatic heterocycles. The second-order valence-corrected chi connectivity index (χ2v) is 7.80. The zero-order chi connectivity index (χ0) is 17.0. The Morgan fingerprint density at radius 1 is 1.17 bits per heavy atom. The molecule has 1 aromatic rings. The molecular formula is C16H21NO5S. The summed E-state index contributed by atoms with van der Waals surface area (Å²) < 4.78 is 29.1. The van der Waals surface area contributed by atoms with Gasteiger partial charge in [0, 0.05) is 12.6 Å². The topological polar surface area (TPSA) is 80.8 Å². The maximum atomic E-state index is 12.0. The third-order valence-electron chi connectivity index (χ3n) is 4.08. The van der Waals surface area contributed by atoms with Crippen LogP contribution >= 0.6 is 0 Å². The number of carbonyl (C=O) groups is 2. The maximum Gasteiger partial charge on any atom is 0.309 e. The molecule has 0 bridgehead atoms. The van der Waals surface area contributed by atoms with E-state index in [2.05, 4.69) is 0 Å². The predicted molar refractivity (Wildman–Crippen MR) is 86.9 cm³/mol. The number of esters is 1. The number of rotatable bonds is 6. The fourth-order valence-corrected chi connectivity index (χ4v) is 3.05. The first-order chi connectivity index (χ1) is 10.8. The molecule has 126 valence electrons. The van der Waals surface area contributed by atoms with Crippen molar-refractivity contribution in [1.82, 2.24) is 0 Å². The summed E-state index contributed by atoms with van der Waals surface area (Å²) in [6.07, 6.45) is 4.83. The number of Topliss-reactive ketones (excluding diaryl/α,β-unsaturated/α-hetero) is 1. The third kappa shape index (κ3) is 4.54. The number of hydrogen-bond donors (Lipinski definition) is 0. The molecule has 0 heterocycles. The van der Waals surface area contributed by atoms with Gasteiger partial charge < -0.3 is 4.74 Å². The predicted octanol–water partition coefficient (Wildman–Crippen LogP) is 2.00. The molecule has 0 atom stereocenters. The number of hydrogen-bond acceptors (Lipinski definition) is 5. The van der Waals surface area contributed by atoms with Crippen molar-refractivity contribution in [1.29, 1.82) is 0 Å². The molecule has 0 N–H and O–H groups in total. The van der Waals surface area contributed by atoms with E-state index in [4.69, 9.17) is 4.74 Å². The number of anilines is 1. The van der Waals surface area contributed by atoms with Crippen molar-refractivity contribution in [2.24, 2.45) is 5.92 Å². The van der Waals surface area contributed by atoms with Crippen LogP contribution in [0.2, 0.25) is 0 Å². The van der Waals surface area contributed by atoms with Gasteiger partial charge in [-0.3, -0.25) is 13.9 Å². The lowest BCUT2D eigenvalue weighted by Crippen LogP contribution is -2.24. The molecule has 7 heteroatoms. The van der Waals surface area contributed by atoms with E-state index in [1.807, 2.05) is 0 Å². The van der Waals surface area contributed by atoms with E-state index < -0.39 is 10.0 Å². The summed E-state index contributed by atoms with van der Waals surface area (Å²) in [4.78, 5) is 23.8. The van der Waals surface area contributed by atoms with E-state index >= 15 is 0 Å². The van der Waals surface area contributed by atoms with E-state index in [1.165, 1.54) is 19.2 Å². The highest BCUT2D eigenvalue weighted by atomic mass is 32.2. The van der Waals surface area contributed by atoms with Crippen LogP contribution in [0.1, 0.15) is 36.0 Å². The number of sulfonamides is 1. The molecule has 0 aromatic heterocycles. The van der Waals surface area contributed by atoms with Gasteiger partial charge in [0.2, 0.25) is 10.0 Å². The van der Waals surface area contributed by atoms with Gasteiger partial charge in [-0.1, -0.05) is 12.8 Å². The molecule has 1 saturated carbocycles. The van der Waals surface area contributed by atoms with Crippen molar-refractivity contribution in [2.75, 3.05) is 24.2 Å². The average molecular weight is 339 g/mol. The molecule has 0 spiro atoms. The Hall–Kier alpha value is -1.89. The Labute approximate surface area is 136 Å². The van der Waals surface area contributed by atoms with Gasteiger partial charge in [-0.2, -0.15) is 0 Å². The minimum absolute atomic E-state index is 0.0754. The van der Waals surface area contributed by atoms with Gasteiger partial charge >= 0.3 is 5.97 Å². The Bertz CT molecular complexity index is 675. The molecular weight excluding hydrogens is 318 g/mol. The second kappa shape index (κ2) is 7.12. The van der Waals surface area contributed by atoms with Crippen molar-refractivity contribution in [3.8, 4) is 0 Å². The molecule has 0 unspecified atom stereocenters. The lowest BCUT2D eigenvalue weighted by atomic mass is 10.1. The minimum Gasteiger partial charge on any atom is -0.457 e. The summed E-state index contributed by atoms with van der Waals surface area (Å²) in [7, 11) is -1.90. The van der Waals surface area contributed by atoms with Crippen molar-refractivity contribution in [3.05, 3.63) is 29.8 Å². The van der Waals surface area contributed by atoms with Crippen LogP contribution in [0.25, 0.3) is 0 Å². The normalized spacial score (nSPS) is 15.4.